The van der Waals surface area contributed by atoms with Crippen molar-refractivity contribution in [1.82, 2.24) is 4.31 Å². The van der Waals surface area contributed by atoms with E-state index in [1.54, 1.807) is 7.11 Å². The van der Waals surface area contributed by atoms with E-state index in [1.165, 1.54) is 22.3 Å². The van der Waals surface area contributed by atoms with Crippen molar-refractivity contribution in [2.24, 2.45) is 17.3 Å². The first kappa shape index (κ1) is 27.9. The molecule has 0 aromatic carbocycles. The maximum absolute atomic E-state index is 13.9. The second-order valence-corrected chi connectivity index (χ2v) is 13.8. The van der Waals surface area contributed by atoms with E-state index in [0.717, 1.165) is 12.8 Å². The number of fused-ring (bicyclic) bond motifs is 1. The van der Waals surface area contributed by atoms with Crippen molar-refractivity contribution in [3.63, 3.8) is 0 Å². The van der Waals surface area contributed by atoms with E-state index in [-0.39, 0.29) is 35.6 Å². The number of hydrogen-bond acceptors (Lipinski definition) is 3. The van der Waals surface area contributed by atoms with Gasteiger partial charge in [0.05, 0.1) is 21.9 Å². The summed E-state index contributed by atoms with van der Waals surface area (Å²) in [6, 6.07) is 0. The quantitative estimate of drug-likeness (QED) is 0.234. The van der Waals surface area contributed by atoms with Gasteiger partial charge in [-0.1, -0.05) is 61.8 Å². The molecule has 0 radical (unpaired) electrons. The van der Waals surface area contributed by atoms with Gasteiger partial charge in [-0.2, -0.15) is 0 Å². The van der Waals surface area contributed by atoms with Gasteiger partial charge in [0.1, 0.15) is 6.10 Å². The molecule has 6 atom stereocenters. The van der Waals surface area contributed by atoms with Crippen molar-refractivity contribution in [2.45, 2.75) is 72.7 Å². The van der Waals surface area contributed by atoms with E-state index < -0.39 is 9.71 Å². The van der Waals surface area contributed by atoms with Crippen LogP contribution in [0.4, 0.5) is 0 Å². The fourth-order valence-electron chi connectivity index (χ4n) is 6.29. The van der Waals surface area contributed by atoms with Gasteiger partial charge in [-0.25, -0.2) is 8.51 Å². The van der Waals surface area contributed by atoms with Gasteiger partial charge in [0.2, 0.25) is 0 Å². The van der Waals surface area contributed by atoms with Crippen LogP contribution in [0.3, 0.4) is 0 Å². The lowest BCUT2D eigenvalue weighted by Gasteiger charge is -2.39. The molecule has 4 aliphatic rings. The van der Waals surface area contributed by atoms with Gasteiger partial charge in [0.25, 0.3) is 0 Å². The summed E-state index contributed by atoms with van der Waals surface area (Å²) in [4.78, 5) is 0.710. The van der Waals surface area contributed by atoms with Crippen LogP contribution in [0.15, 0.2) is 70.2 Å². The molecule has 4 nitrogen and oxygen atoms in total. The third-order valence-electron chi connectivity index (χ3n) is 8.09. The van der Waals surface area contributed by atoms with E-state index in [4.69, 9.17) is 9.47 Å². The van der Waals surface area contributed by atoms with Crippen LogP contribution < -0.4 is 0 Å². The van der Waals surface area contributed by atoms with Gasteiger partial charge in [-0.05, 0) is 68.7 Å². The molecule has 0 aromatic heterocycles. The Morgan fingerprint density at radius 2 is 2.03 bits per heavy atom. The predicted octanol–water partition coefficient (Wildman–Crippen LogP) is 6.01. The number of rotatable bonds is 7. The Kier molecular flexibility index (Phi) is 8.26. The molecular formula is C32H43NO3S. The van der Waals surface area contributed by atoms with E-state index in [0.29, 0.717) is 18.0 Å². The lowest BCUT2D eigenvalue weighted by molar-refractivity contribution is 0.0424. The maximum atomic E-state index is 13.9. The Labute approximate surface area is 225 Å². The number of methoxy groups -OCH3 is 1. The van der Waals surface area contributed by atoms with Crippen LogP contribution >= 0.6 is 0 Å². The van der Waals surface area contributed by atoms with Crippen LogP contribution in [0.1, 0.15) is 54.4 Å². The SMILES string of the molecule is C=C(C)S(=O)(=CC)N1CC2=CC(C)(C3=CC=CCC3OC)C(C3C=CCC(OC(C)C)C#CC3C)=C2C1. The average molecular weight is 522 g/mol. The van der Waals surface area contributed by atoms with Crippen molar-refractivity contribution < 1.29 is 13.7 Å². The van der Waals surface area contributed by atoms with Crippen LogP contribution in [0.2, 0.25) is 0 Å². The molecule has 1 heterocycles. The number of hydrogen-bond donors (Lipinski definition) is 0. The topological polar surface area (TPSA) is 38.8 Å². The molecule has 200 valence electrons. The van der Waals surface area contributed by atoms with Crippen LogP contribution in [0.25, 0.3) is 0 Å². The highest BCUT2D eigenvalue weighted by Gasteiger charge is 2.48. The molecule has 0 spiro atoms. The smallest absolute Gasteiger partial charge is 0.122 e. The van der Waals surface area contributed by atoms with Crippen LogP contribution in [0.5, 0.6) is 0 Å². The van der Waals surface area contributed by atoms with Crippen molar-refractivity contribution in [1.29, 1.82) is 0 Å². The van der Waals surface area contributed by atoms with Crippen LogP contribution in [-0.4, -0.2) is 52.4 Å². The summed E-state index contributed by atoms with van der Waals surface area (Å²) in [6.07, 6.45) is 15.3. The van der Waals surface area contributed by atoms with Crippen molar-refractivity contribution in [2.75, 3.05) is 20.2 Å². The number of allylic oxidation sites excluding steroid dienone is 6. The molecule has 1 saturated heterocycles. The monoisotopic (exact) mass is 521 g/mol. The first-order valence-corrected chi connectivity index (χ1v) is 15.1. The summed E-state index contributed by atoms with van der Waals surface area (Å²) >= 11 is 0. The third-order valence-corrected chi connectivity index (χ3v) is 10.7. The fourth-order valence-corrected chi connectivity index (χ4v) is 8.08. The van der Waals surface area contributed by atoms with Gasteiger partial charge in [0.15, 0.2) is 0 Å². The Morgan fingerprint density at radius 3 is 2.68 bits per heavy atom. The second-order valence-electron chi connectivity index (χ2n) is 11.0. The fraction of sp³-hybridized carbons (Fsp3) is 0.531. The largest absolute Gasteiger partial charge is 0.377 e. The zero-order chi connectivity index (χ0) is 27.0. The van der Waals surface area contributed by atoms with E-state index >= 15 is 0 Å². The molecule has 4 rings (SSSR count). The van der Waals surface area contributed by atoms with E-state index in [9.17, 15) is 4.21 Å². The minimum Gasteiger partial charge on any atom is -0.377 e. The Morgan fingerprint density at radius 1 is 1.27 bits per heavy atom. The zero-order valence-electron chi connectivity index (χ0n) is 23.5. The predicted molar refractivity (Wildman–Crippen MR) is 156 cm³/mol. The molecule has 1 fully saturated rings. The molecule has 0 amide bonds. The van der Waals surface area contributed by atoms with Crippen LogP contribution in [0, 0.1) is 29.1 Å². The summed E-state index contributed by atoms with van der Waals surface area (Å²) in [7, 11) is -0.613. The molecule has 0 saturated carbocycles. The Balaban J connectivity index is 1.83. The van der Waals surface area contributed by atoms with Gasteiger partial charge < -0.3 is 9.47 Å². The number of nitrogens with zero attached hydrogens (tertiary/aromatic N) is 1. The summed E-state index contributed by atoms with van der Waals surface area (Å²) in [5.41, 5.74) is 4.94. The first-order valence-electron chi connectivity index (χ1n) is 13.5. The van der Waals surface area contributed by atoms with Gasteiger partial charge >= 0.3 is 0 Å². The van der Waals surface area contributed by atoms with E-state index in [2.05, 4.69) is 86.9 Å². The molecule has 0 N–H and O–H groups in total. The van der Waals surface area contributed by atoms with Crippen molar-refractivity contribution >= 4 is 15.1 Å². The third kappa shape index (κ3) is 5.14. The maximum Gasteiger partial charge on any atom is 0.122 e. The highest BCUT2D eigenvalue weighted by Crippen LogP contribution is 2.55. The second kappa shape index (κ2) is 10.9. The minimum atomic E-state index is -2.42. The normalized spacial score (nSPS) is 33.2. The highest BCUT2D eigenvalue weighted by atomic mass is 32.2. The van der Waals surface area contributed by atoms with Gasteiger partial charge in [-0.15, -0.1) is 0 Å². The molecular weight excluding hydrogens is 478 g/mol. The molecule has 6 unspecified atom stereocenters. The van der Waals surface area contributed by atoms with Crippen LogP contribution in [-0.2, 0) is 19.2 Å². The Bertz CT molecular complexity index is 1270. The Hall–Kier alpha value is -2.10. The van der Waals surface area contributed by atoms with Crippen molar-refractivity contribution in [3.05, 3.63) is 70.2 Å². The molecule has 37 heavy (non-hydrogen) atoms. The summed E-state index contributed by atoms with van der Waals surface area (Å²) in [6.45, 7) is 17.8. The number of ether oxygens (including phenoxy) is 2. The molecule has 5 heteroatoms. The van der Waals surface area contributed by atoms with E-state index in [1.807, 2.05) is 19.2 Å². The zero-order valence-corrected chi connectivity index (χ0v) is 24.4. The minimum absolute atomic E-state index is 0.0312. The molecule has 3 aliphatic carbocycles. The average Bonchev–Trinajstić information content (AvgIpc) is 3.38. The lowest BCUT2D eigenvalue weighted by Crippen LogP contribution is -2.35. The standard InChI is InChI=1S/C32H43NO3S/c1-9-37(34,23(4)5)33-20-25-19-32(7,29-15-10-11-16-30(29)35-8)31(28(25)21-33)27-14-12-13-26(36-22(2)3)18-17-24(27)6/h9-12,14-15,19,22,24,26-27,30H,4,13,16,20-21H2,1-3,5-8H3. The molecule has 0 bridgehead atoms. The highest BCUT2D eigenvalue weighted by molar-refractivity contribution is 8.02. The molecule has 0 aromatic rings. The van der Waals surface area contributed by atoms with Gasteiger partial charge in [-0.3, -0.25) is 0 Å². The summed E-state index contributed by atoms with van der Waals surface area (Å²) < 4.78 is 28.0. The first-order chi connectivity index (χ1) is 17.5. The summed E-state index contributed by atoms with van der Waals surface area (Å²) in [5, 5.41) is 1.82. The summed E-state index contributed by atoms with van der Waals surface area (Å²) in [5.74, 6) is 7.21. The van der Waals surface area contributed by atoms with Gasteiger partial charge in [0, 0.05) is 48.8 Å². The lowest BCUT2D eigenvalue weighted by atomic mass is 9.66. The van der Waals surface area contributed by atoms with Crippen molar-refractivity contribution in [3.8, 4) is 11.8 Å². The molecule has 1 aliphatic heterocycles.